The first kappa shape index (κ1) is 16.2. The van der Waals surface area contributed by atoms with Crippen molar-refractivity contribution >= 4 is 29.3 Å². The van der Waals surface area contributed by atoms with Gasteiger partial charge in [-0.3, -0.25) is 9.59 Å². The molecule has 2 aromatic carbocycles. The van der Waals surface area contributed by atoms with Gasteiger partial charge in [0, 0.05) is 18.2 Å². The standard InChI is InChI=1S/C20H18N2O4/c1-12-20(24)22-16-11-15(4-6-18(16)26-12)21-19(23)7-3-13-2-5-17-14(10-13)8-9-25-17/h2-7,10-12H,8-9H2,1H3,(H,21,23)(H,22,24). The first-order valence-corrected chi connectivity index (χ1v) is 8.45. The zero-order valence-electron chi connectivity index (χ0n) is 14.2. The van der Waals surface area contributed by atoms with Crippen LogP contribution in [0, 0.1) is 0 Å². The van der Waals surface area contributed by atoms with Crippen LogP contribution in [0.5, 0.6) is 11.5 Å². The summed E-state index contributed by atoms with van der Waals surface area (Å²) in [5, 5.41) is 5.54. The molecule has 2 aliphatic heterocycles. The Labute approximate surface area is 150 Å². The lowest BCUT2D eigenvalue weighted by atomic mass is 10.1. The monoisotopic (exact) mass is 350 g/mol. The Morgan fingerprint density at radius 1 is 1.23 bits per heavy atom. The molecule has 0 fully saturated rings. The minimum Gasteiger partial charge on any atom is -0.493 e. The summed E-state index contributed by atoms with van der Waals surface area (Å²) >= 11 is 0. The van der Waals surface area contributed by atoms with E-state index in [1.807, 2.05) is 18.2 Å². The molecular weight excluding hydrogens is 332 g/mol. The Bertz CT molecular complexity index is 920. The summed E-state index contributed by atoms with van der Waals surface area (Å²) in [5.74, 6) is 1.05. The molecule has 4 rings (SSSR count). The molecule has 0 saturated carbocycles. The van der Waals surface area contributed by atoms with Crippen LogP contribution >= 0.6 is 0 Å². The SMILES string of the molecule is CC1Oc2ccc(NC(=O)C=Cc3ccc4c(c3)CCO4)cc2NC1=O. The van der Waals surface area contributed by atoms with Crippen molar-refractivity contribution < 1.29 is 19.1 Å². The van der Waals surface area contributed by atoms with Crippen LogP contribution in [0.4, 0.5) is 11.4 Å². The largest absolute Gasteiger partial charge is 0.493 e. The van der Waals surface area contributed by atoms with E-state index in [-0.39, 0.29) is 11.8 Å². The fourth-order valence-corrected chi connectivity index (χ4v) is 2.95. The maximum Gasteiger partial charge on any atom is 0.265 e. The Morgan fingerprint density at radius 2 is 2.08 bits per heavy atom. The molecule has 6 heteroatoms. The van der Waals surface area contributed by atoms with Crippen molar-refractivity contribution in [1.29, 1.82) is 0 Å². The summed E-state index contributed by atoms with van der Waals surface area (Å²) < 4.78 is 11.0. The molecule has 0 radical (unpaired) electrons. The van der Waals surface area contributed by atoms with E-state index in [1.54, 1.807) is 31.2 Å². The number of carbonyl (C=O) groups is 2. The van der Waals surface area contributed by atoms with E-state index in [0.29, 0.717) is 23.7 Å². The summed E-state index contributed by atoms with van der Waals surface area (Å²) in [7, 11) is 0. The van der Waals surface area contributed by atoms with Crippen molar-refractivity contribution in [2.24, 2.45) is 0 Å². The number of carbonyl (C=O) groups excluding carboxylic acids is 2. The van der Waals surface area contributed by atoms with Crippen molar-refractivity contribution in [1.82, 2.24) is 0 Å². The van der Waals surface area contributed by atoms with E-state index >= 15 is 0 Å². The topological polar surface area (TPSA) is 76.7 Å². The molecule has 2 heterocycles. The molecule has 26 heavy (non-hydrogen) atoms. The molecule has 1 unspecified atom stereocenters. The number of ether oxygens (including phenoxy) is 2. The smallest absolute Gasteiger partial charge is 0.265 e. The first-order valence-electron chi connectivity index (χ1n) is 8.45. The molecule has 2 N–H and O–H groups in total. The molecule has 2 aliphatic rings. The van der Waals surface area contributed by atoms with Gasteiger partial charge in [0.1, 0.15) is 11.5 Å². The predicted octanol–water partition coefficient (Wildman–Crippen LogP) is 2.99. The molecule has 1 atom stereocenters. The molecule has 0 aliphatic carbocycles. The quantitative estimate of drug-likeness (QED) is 0.835. The summed E-state index contributed by atoms with van der Waals surface area (Å²) in [5.41, 5.74) is 3.24. The third-order valence-corrected chi connectivity index (χ3v) is 4.32. The highest BCUT2D eigenvalue weighted by Crippen LogP contribution is 2.32. The van der Waals surface area contributed by atoms with Crippen molar-refractivity contribution in [3.8, 4) is 11.5 Å². The maximum atomic E-state index is 12.2. The van der Waals surface area contributed by atoms with Crippen LogP contribution in [0.25, 0.3) is 6.08 Å². The van der Waals surface area contributed by atoms with Gasteiger partial charge in [0.05, 0.1) is 12.3 Å². The van der Waals surface area contributed by atoms with Crippen molar-refractivity contribution in [2.75, 3.05) is 17.2 Å². The lowest BCUT2D eigenvalue weighted by Crippen LogP contribution is -2.34. The zero-order valence-corrected chi connectivity index (χ0v) is 14.2. The minimum atomic E-state index is -0.524. The summed E-state index contributed by atoms with van der Waals surface area (Å²) in [6.07, 6.45) is 3.61. The molecule has 0 aromatic heterocycles. The lowest BCUT2D eigenvalue weighted by molar-refractivity contribution is -0.122. The fourth-order valence-electron chi connectivity index (χ4n) is 2.95. The van der Waals surface area contributed by atoms with E-state index in [1.165, 1.54) is 6.08 Å². The summed E-state index contributed by atoms with van der Waals surface area (Å²) in [4.78, 5) is 23.8. The number of anilines is 2. The number of nitrogens with one attached hydrogen (secondary N) is 2. The van der Waals surface area contributed by atoms with Crippen molar-refractivity contribution in [3.05, 3.63) is 53.6 Å². The van der Waals surface area contributed by atoms with Gasteiger partial charge >= 0.3 is 0 Å². The summed E-state index contributed by atoms with van der Waals surface area (Å²) in [6, 6.07) is 11.0. The fraction of sp³-hybridized carbons (Fsp3) is 0.200. The molecule has 2 amide bonds. The highest BCUT2D eigenvalue weighted by Gasteiger charge is 2.23. The van der Waals surface area contributed by atoms with Gasteiger partial charge in [0.2, 0.25) is 5.91 Å². The molecule has 2 aromatic rings. The van der Waals surface area contributed by atoms with Crippen molar-refractivity contribution in [2.45, 2.75) is 19.4 Å². The molecule has 0 saturated heterocycles. The number of fused-ring (bicyclic) bond motifs is 2. The number of hydrogen-bond donors (Lipinski definition) is 2. The van der Waals surface area contributed by atoms with Gasteiger partial charge in [0.15, 0.2) is 6.10 Å². The van der Waals surface area contributed by atoms with Crippen LogP contribution in [-0.2, 0) is 16.0 Å². The van der Waals surface area contributed by atoms with Crippen LogP contribution in [0.1, 0.15) is 18.1 Å². The molecule has 0 spiro atoms. The van der Waals surface area contributed by atoms with Crippen LogP contribution < -0.4 is 20.1 Å². The Hall–Kier alpha value is -3.28. The Morgan fingerprint density at radius 3 is 2.96 bits per heavy atom. The zero-order chi connectivity index (χ0) is 18.1. The molecule has 6 nitrogen and oxygen atoms in total. The number of benzene rings is 2. The van der Waals surface area contributed by atoms with E-state index in [9.17, 15) is 9.59 Å². The first-order chi connectivity index (χ1) is 12.6. The average Bonchev–Trinajstić information content (AvgIpc) is 3.09. The highest BCUT2D eigenvalue weighted by atomic mass is 16.5. The second-order valence-corrected chi connectivity index (χ2v) is 6.25. The van der Waals surface area contributed by atoms with Crippen LogP contribution in [0.15, 0.2) is 42.5 Å². The third-order valence-electron chi connectivity index (χ3n) is 4.32. The maximum absolute atomic E-state index is 12.2. The van der Waals surface area contributed by atoms with E-state index in [2.05, 4.69) is 10.6 Å². The number of hydrogen-bond acceptors (Lipinski definition) is 4. The second kappa shape index (κ2) is 6.55. The predicted molar refractivity (Wildman–Crippen MR) is 98.5 cm³/mol. The lowest BCUT2D eigenvalue weighted by Gasteiger charge is -2.23. The van der Waals surface area contributed by atoms with E-state index < -0.39 is 6.10 Å². The summed E-state index contributed by atoms with van der Waals surface area (Å²) in [6.45, 7) is 2.39. The normalized spacial score (nSPS) is 17.7. The third kappa shape index (κ3) is 3.26. The number of amides is 2. The Balaban J connectivity index is 1.43. The van der Waals surface area contributed by atoms with Crippen LogP contribution in [0.3, 0.4) is 0 Å². The average molecular weight is 350 g/mol. The molecular formula is C20H18N2O4. The van der Waals surface area contributed by atoms with Crippen molar-refractivity contribution in [3.63, 3.8) is 0 Å². The van der Waals surface area contributed by atoms with Gasteiger partial charge in [-0.15, -0.1) is 0 Å². The highest BCUT2D eigenvalue weighted by molar-refractivity contribution is 6.03. The van der Waals surface area contributed by atoms with Gasteiger partial charge in [0.25, 0.3) is 5.91 Å². The van der Waals surface area contributed by atoms with Gasteiger partial charge in [-0.25, -0.2) is 0 Å². The van der Waals surface area contributed by atoms with E-state index in [4.69, 9.17) is 9.47 Å². The van der Waals surface area contributed by atoms with Crippen LogP contribution in [-0.4, -0.2) is 24.5 Å². The van der Waals surface area contributed by atoms with Crippen LogP contribution in [0.2, 0.25) is 0 Å². The Kier molecular flexibility index (Phi) is 4.08. The van der Waals surface area contributed by atoms with E-state index in [0.717, 1.165) is 23.3 Å². The van der Waals surface area contributed by atoms with Gasteiger partial charge < -0.3 is 20.1 Å². The minimum absolute atomic E-state index is 0.207. The van der Waals surface area contributed by atoms with Gasteiger partial charge in [-0.05, 0) is 54.5 Å². The molecule has 132 valence electrons. The van der Waals surface area contributed by atoms with Gasteiger partial charge in [-0.2, -0.15) is 0 Å². The van der Waals surface area contributed by atoms with Gasteiger partial charge in [-0.1, -0.05) is 6.07 Å². The molecule has 0 bridgehead atoms. The second-order valence-electron chi connectivity index (χ2n) is 6.25. The number of rotatable bonds is 3.